The Labute approximate surface area is 154 Å². The lowest BCUT2D eigenvalue weighted by Gasteiger charge is -2.51. The molecule has 1 aliphatic heterocycles. The fourth-order valence-electron chi connectivity index (χ4n) is 8.27. The lowest BCUT2D eigenvalue weighted by atomic mass is 9.57. The molecule has 5 aliphatic rings. The molecule has 0 aromatic heterocycles. The molecular formula is C20H32O6. The third kappa shape index (κ3) is 1.64. The van der Waals surface area contributed by atoms with Crippen molar-refractivity contribution in [3.05, 3.63) is 0 Å². The van der Waals surface area contributed by atoms with E-state index in [4.69, 9.17) is 4.74 Å². The molecule has 2 bridgehead atoms. The molecule has 0 amide bonds. The minimum absolute atomic E-state index is 0.166. The van der Waals surface area contributed by atoms with E-state index in [1.165, 1.54) is 0 Å². The maximum atomic E-state index is 11.8. The Hall–Kier alpha value is -0.240. The van der Waals surface area contributed by atoms with E-state index in [0.29, 0.717) is 19.3 Å². The fourth-order valence-corrected chi connectivity index (χ4v) is 8.27. The van der Waals surface area contributed by atoms with Crippen LogP contribution in [0.4, 0.5) is 0 Å². The van der Waals surface area contributed by atoms with Gasteiger partial charge in [-0.2, -0.15) is 0 Å². The molecule has 6 heteroatoms. The monoisotopic (exact) mass is 368 g/mol. The van der Waals surface area contributed by atoms with E-state index < -0.39 is 45.8 Å². The Kier molecular flexibility index (Phi) is 3.08. The average molecular weight is 368 g/mol. The highest BCUT2D eigenvalue weighted by atomic mass is 16.6. The van der Waals surface area contributed by atoms with Crippen molar-refractivity contribution >= 4 is 0 Å². The second-order valence-corrected chi connectivity index (χ2v) is 10.9. The summed E-state index contributed by atoms with van der Waals surface area (Å²) in [7, 11) is 0. The number of hydrogen-bond acceptors (Lipinski definition) is 6. The van der Waals surface area contributed by atoms with Crippen LogP contribution in [0.1, 0.15) is 53.4 Å². The first-order valence-corrected chi connectivity index (χ1v) is 10.0. The van der Waals surface area contributed by atoms with Crippen molar-refractivity contribution in [3.8, 4) is 0 Å². The van der Waals surface area contributed by atoms with Crippen LogP contribution in [0.15, 0.2) is 0 Å². The Balaban J connectivity index is 1.70. The molecule has 0 radical (unpaired) electrons. The van der Waals surface area contributed by atoms with E-state index in [-0.39, 0.29) is 30.5 Å². The summed E-state index contributed by atoms with van der Waals surface area (Å²) in [5.74, 6) is -1.17. The minimum Gasteiger partial charge on any atom is -0.392 e. The smallest absolute Gasteiger partial charge is 0.106 e. The molecule has 5 rings (SSSR count). The van der Waals surface area contributed by atoms with Crippen LogP contribution >= 0.6 is 0 Å². The molecule has 0 aromatic rings. The molecule has 1 heterocycles. The number of ether oxygens (including phenoxy) is 1. The maximum Gasteiger partial charge on any atom is 0.106 e. The molecule has 1 saturated heterocycles. The van der Waals surface area contributed by atoms with Crippen LogP contribution < -0.4 is 0 Å². The molecule has 5 N–H and O–H groups in total. The summed E-state index contributed by atoms with van der Waals surface area (Å²) in [4.78, 5) is 0. The van der Waals surface area contributed by atoms with E-state index >= 15 is 0 Å². The first-order valence-electron chi connectivity index (χ1n) is 10.0. The van der Waals surface area contributed by atoms with Gasteiger partial charge in [0.15, 0.2) is 0 Å². The number of fused-ring (bicyclic) bond motifs is 4. The summed E-state index contributed by atoms with van der Waals surface area (Å²) < 4.78 is 5.82. The zero-order valence-corrected chi connectivity index (χ0v) is 16.0. The van der Waals surface area contributed by atoms with Gasteiger partial charge < -0.3 is 30.3 Å². The van der Waals surface area contributed by atoms with Gasteiger partial charge in [-0.1, -0.05) is 13.8 Å². The van der Waals surface area contributed by atoms with Crippen LogP contribution in [0.5, 0.6) is 0 Å². The molecule has 5 fully saturated rings. The molecule has 0 aromatic carbocycles. The second kappa shape index (κ2) is 4.50. The number of rotatable bonds is 0. The summed E-state index contributed by atoms with van der Waals surface area (Å²) in [5, 5.41) is 56.9. The van der Waals surface area contributed by atoms with Crippen molar-refractivity contribution in [2.24, 2.45) is 28.6 Å². The molecule has 148 valence electrons. The first-order chi connectivity index (χ1) is 11.8. The highest BCUT2D eigenvalue weighted by molar-refractivity contribution is 5.31. The molecule has 6 nitrogen and oxygen atoms in total. The summed E-state index contributed by atoms with van der Waals surface area (Å²) in [5.41, 5.74) is -5.30. The Morgan fingerprint density at radius 1 is 0.962 bits per heavy atom. The van der Waals surface area contributed by atoms with Gasteiger partial charge in [0, 0.05) is 22.7 Å². The Morgan fingerprint density at radius 3 is 2.27 bits per heavy atom. The standard InChI is InChI=1S/C20H32O6/c1-16(2)15-12(26-15)13-18(4,24)10-6-5-9-14(22)19(10,8-17(9,3)23)7-11(21)20(13,16)25/h9-15,21-25H,5-8H2,1-4H3/t9-,10+,11-,12+,13+,14+,15+,17-,18-,19+,20-/m1/s1. The van der Waals surface area contributed by atoms with Gasteiger partial charge in [0.25, 0.3) is 0 Å². The lowest BCUT2D eigenvalue weighted by molar-refractivity contribution is -0.222. The van der Waals surface area contributed by atoms with Crippen LogP contribution in [0.2, 0.25) is 0 Å². The normalized spacial score (nSPS) is 68.0. The highest BCUT2D eigenvalue weighted by Crippen LogP contribution is 2.72. The molecule has 11 atom stereocenters. The fraction of sp³-hybridized carbons (Fsp3) is 1.00. The zero-order chi connectivity index (χ0) is 19.1. The first kappa shape index (κ1) is 17.8. The van der Waals surface area contributed by atoms with Gasteiger partial charge in [0.05, 0.1) is 35.6 Å². The molecule has 0 unspecified atom stereocenters. The number of hydrogen-bond donors (Lipinski definition) is 5. The average Bonchev–Trinajstić information content (AvgIpc) is 3.22. The van der Waals surface area contributed by atoms with Crippen LogP contribution in [0.3, 0.4) is 0 Å². The van der Waals surface area contributed by atoms with E-state index in [1.54, 1.807) is 13.8 Å². The number of aliphatic hydroxyl groups is 5. The van der Waals surface area contributed by atoms with Gasteiger partial charge in [-0.3, -0.25) is 0 Å². The summed E-state index contributed by atoms with van der Waals surface area (Å²) >= 11 is 0. The van der Waals surface area contributed by atoms with Crippen molar-refractivity contribution in [3.63, 3.8) is 0 Å². The van der Waals surface area contributed by atoms with Gasteiger partial charge in [0.1, 0.15) is 5.60 Å². The molecule has 4 aliphatic carbocycles. The summed E-state index contributed by atoms with van der Waals surface area (Å²) in [6.07, 6.45) is -0.485. The predicted octanol–water partition coefficient (Wildman–Crippen LogP) is 0.185. The van der Waals surface area contributed by atoms with E-state index in [0.717, 1.165) is 0 Å². The second-order valence-electron chi connectivity index (χ2n) is 10.9. The number of aliphatic hydroxyl groups excluding tert-OH is 2. The zero-order valence-electron chi connectivity index (χ0n) is 16.0. The van der Waals surface area contributed by atoms with Gasteiger partial charge in [-0.15, -0.1) is 0 Å². The van der Waals surface area contributed by atoms with E-state index in [2.05, 4.69) is 0 Å². The molecule has 4 saturated carbocycles. The topological polar surface area (TPSA) is 114 Å². The van der Waals surface area contributed by atoms with Crippen molar-refractivity contribution in [1.82, 2.24) is 0 Å². The van der Waals surface area contributed by atoms with Crippen LogP contribution in [0.25, 0.3) is 0 Å². The third-order valence-corrected chi connectivity index (χ3v) is 9.40. The van der Waals surface area contributed by atoms with Gasteiger partial charge in [0.2, 0.25) is 0 Å². The highest BCUT2D eigenvalue weighted by Gasteiger charge is 2.82. The number of epoxide rings is 1. The van der Waals surface area contributed by atoms with Crippen molar-refractivity contribution < 1.29 is 30.3 Å². The molecular weight excluding hydrogens is 336 g/mol. The summed E-state index contributed by atoms with van der Waals surface area (Å²) in [6, 6.07) is 0. The maximum absolute atomic E-state index is 11.8. The van der Waals surface area contributed by atoms with Crippen LogP contribution in [-0.2, 0) is 4.74 Å². The van der Waals surface area contributed by atoms with E-state index in [1.807, 2.05) is 13.8 Å². The lowest BCUT2D eigenvalue weighted by Crippen LogP contribution is -2.63. The molecule has 26 heavy (non-hydrogen) atoms. The quantitative estimate of drug-likeness (QED) is 0.390. The molecule has 1 spiro atoms. The van der Waals surface area contributed by atoms with Gasteiger partial charge in [-0.05, 0) is 45.4 Å². The Bertz CT molecular complexity index is 659. The van der Waals surface area contributed by atoms with Crippen LogP contribution in [-0.4, -0.2) is 66.8 Å². The van der Waals surface area contributed by atoms with E-state index in [9.17, 15) is 25.5 Å². The minimum atomic E-state index is -1.49. The van der Waals surface area contributed by atoms with Crippen molar-refractivity contribution in [2.75, 3.05) is 0 Å². The van der Waals surface area contributed by atoms with Crippen molar-refractivity contribution in [1.29, 1.82) is 0 Å². The van der Waals surface area contributed by atoms with Crippen molar-refractivity contribution in [2.45, 2.75) is 94.6 Å². The largest absolute Gasteiger partial charge is 0.392 e. The summed E-state index contributed by atoms with van der Waals surface area (Å²) in [6.45, 7) is 7.29. The third-order valence-electron chi connectivity index (χ3n) is 9.40. The SMILES string of the molecule is CC1(C)[C@H]2O[C@H]2[C@H]2[C@](C)(O)[C@@H]3CC[C@@H]4[C@H](O)[C@@]3(C[C@@H](O)[C@@]21O)C[C@@]4(C)O. The Morgan fingerprint density at radius 2 is 1.62 bits per heavy atom. The van der Waals surface area contributed by atoms with Gasteiger partial charge >= 0.3 is 0 Å². The van der Waals surface area contributed by atoms with Gasteiger partial charge in [-0.25, -0.2) is 0 Å². The van der Waals surface area contributed by atoms with Crippen LogP contribution in [0, 0.1) is 28.6 Å². The predicted molar refractivity (Wildman–Crippen MR) is 92.0 cm³/mol.